The Bertz CT molecular complexity index is 827. The molecule has 1 N–H and O–H groups in total. The highest BCUT2D eigenvalue weighted by molar-refractivity contribution is 6.04. The molecule has 1 amide bonds. The molecule has 0 fully saturated rings. The Kier molecular flexibility index (Phi) is 3.96. The summed E-state index contributed by atoms with van der Waals surface area (Å²) in [5, 5.41) is 15.5. The number of aromatic nitrogens is 6. The van der Waals surface area contributed by atoms with Gasteiger partial charge in [0.25, 0.3) is 5.91 Å². The van der Waals surface area contributed by atoms with E-state index in [4.69, 9.17) is 0 Å². The summed E-state index contributed by atoms with van der Waals surface area (Å²) in [6, 6.07) is 0. The van der Waals surface area contributed by atoms with Gasteiger partial charge in [-0.2, -0.15) is 15.3 Å². The Labute approximate surface area is 133 Å². The molecular weight excluding hydrogens is 294 g/mol. The lowest BCUT2D eigenvalue weighted by molar-refractivity contribution is 0.102. The molecular formula is C15H19N7O. The SMILES string of the molecule is CCn1cc(Cn2cc(NC(=O)c3cn(C)nc3C)cn2)cn1. The van der Waals surface area contributed by atoms with Crippen molar-refractivity contribution in [2.75, 3.05) is 5.32 Å². The number of nitrogens with zero attached hydrogens (tertiary/aromatic N) is 6. The topological polar surface area (TPSA) is 82.6 Å². The van der Waals surface area contributed by atoms with Gasteiger partial charge < -0.3 is 5.32 Å². The van der Waals surface area contributed by atoms with Gasteiger partial charge in [0.1, 0.15) is 0 Å². The zero-order chi connectivity index (χ0) is 16.4. The number of carbonyl (C=O) groups is 1. The fourth-order valence-corrected chi connectivity index (χ4v) is 2.38. The van der Waals surface area contributed by atoms with Gasteiger partial charge in [-0.15, -0.1) is 0 Å². The van der Waals surface area contributed by atoms with Gasteiger partial charge in [0.05, 0.1) is 35.9 Å². The highest BCUT2D eigenvalue weighted by Gasteiger charge is 2.13. The van der Waals surface area contributed by atoms with Gasteiger partial charge in [0, 0.05) is 37.7 Å². The zero-order valence-electron chi connectivity index (χ0n) is 13.4. The highest BCUT2D eigenvalue weighted by atomic mass is 16.1. The van der Waals surface area contributed by atoms with Crippen LogP contribution in [0.1, 0.15) is 28.5 Å². The molecule has 3 aromatic rings. The van der Waals surface area contributed by atoms with Crippen LogP contribution in [0.15, 0.2) is 31.0 Å². The van der Waals surface area contributed by atoms with Gasteiger partial charge in [-0.1, -0.05) is 0 Å². The molecule has 23 heavy (non-hydrogen) atoms. The first-order valence-corrected chi connectivity index (χ1v) is 7.40. The van der Waals surface area contributed by atoms with Crippen LogP contribution in [0.5, 0.6) is 0 Å². The van der Waals surface area contributed by atoms with E-state index in [-0.39, 0.29) is 5.91 Å². The molecule has 8 heteroatoms. The molecule has 0 saturated heterocycles. The lowest BCUT2D eigenvalue weighted by atomic mass is 10.2. The minimum absolute atomic E-state index is 0.186. The quantitative estimate of drug-likeness (QED) is 0.772. The predicted octanol–water partition coefficient (Wildman–Crippen LogP) is 1.44. The van der Waals surface area contributed by atoms with E-state index in [1.807, 2.05) is 30.9 Å². The Hall–Kier alpha value is -2.90. The fourth-order valence-electron chi connectivity index (χ4n) is 2.38. The van der Waals surface area contributed by atoms with Gasteiger partial charge in [0.15, 0.2) is 0 Å². The monoisotopic (exact) mass is 313 g/mol. The number of hydrogen-bond acceptors (Lipinski definition) is 4. The average Bonchev–Trinajstić information content (AvgIpc) is 3.21. The Morgan fingerprint density at radius 3 is 2.61 bits per heavy atom. The standard InChI is InChI=1S/C15H19N7O/c1-4-21-7-12(5-16-21)8-22-9-13(6-17-22)18-15(23)14-10-20(3)19-11(14)2/h5-7,9-10H,4,8H2,1-3H3,(H,18,23). The van der Waals surface area contributed by atoms with Gasteiger partial charge in [-0.3, -0.25) is 18.8 Å². The molecule has 0 aliphatic carbocycles. The molecule has 0 unspecified atom stereocenters. The third-order valence-electron chi connectivity index (χ3n) is 3.50. The summed E-state index contributed by atoms with van der Waals surface area (Å²) in [4.78, 5) is 12.2. The Balaban J connectivity index is 1.67. The molecule has 3 rings (SSSR count). The molecule has 0 aliphatic heterocycles. The van der Waals surface area contributed by atoms with Crippen molar-refractivity contribution in [2.45, 2.75) is 26.9 Å². The molecule has 0 bridgehead atoms. The summed E-state index contributed by atoms with van der Waals surface area (Å²) >= 11 is 0. The molecule has 0 aromatic carbocycles. The van der Waals surface area contributed by atoms with Crippen molar-refractivity contribution in [2.24, 2.45) is 7.05 Å². The summed E-state index contributed by atoms with van der Waals surface area (Å²) in [6.45, 7) is 5.30. The minimum Gasteiger partial charge on any atom is -0.319 e. The summed E-state index contributed by atoms with van der Waals surface area (Å²) in [6.07, 6.45) is 8.94. The van der Waals surface area contributed by atoms with Crippen molar-refractivity contribution >= 4 is 11.6 Å². The van der Waals surface area contributed by atoms with Crippen LogP contribution in [-0.2, 0) is 20.1 Å². The van der Waals surface area contributed by atoms with E-state index in [2.05, 4.69) is 20.6 Å². The van der Waals surface area contributed by atoms with E-state index in [9.17, 15) is 4.79 Å². The molecule has 3 heterocycles. The first-order chi connectivity index (χ1) is 11.0. The van der Waals surface area contributed by atoms with Crippen molar-refractivity contribution in [3.8, 4) is 0 Å². The van der Waals surface area contributed by atoms with E-state index in [1.165, 1.54) is 0 Å². The molecule has 8 nitrogen and oxygen atoms in total. The second kappa shape index (κ2) is 6.07. The van der Waals surface area contributed by atoms with Crippen LogP contribution in [0.3, 0.4) is 0 Å². The molecule has 0 radical (unpaired) electrons. The maximum Gasteiger partial charge on any atom is 0.259 e. The van der Waals surface area contributed by atoms with Gasteiger partial charge in [-0.25, -0.2) is 0 Å². The van der Waals surface area contributed by atoms with Crippen LogP contribution in [0.4, 0.5) is 5.69 Å². The lowest BCUT2D eigenvalue weighted by Gasteiger charge is -2.00. The number of rotatable bonds is 5. The predicted molar refractivity (Wildman–Crippen MR) is 85.1 cm³/mol. The summed E-state index contributed by atoms with van der Waals surface area (Å²) < 4.78 is 5.26. The maximum atomic E-state index is 12.2. The summed E-state index contributed by atoms with van der Waals surface area (Å²) in [5.74, 6) is -0.186. The number of hydrogen-bond donors (Lipinski definition) is 1. The van der Waals surface area contributed by atoms with Gasteiger partial charge in [-0.05, 0) is 13.8 Å². The van der Waals surface area contributed by atoms with Crippen molar-refractivity contribution in [1.29, 1.82) is 0 Å². The molecule has 120 valence electrons. The van der Waals surface area contributed by atoms with E-state index in [0.717, 1.165) is 12.1 Å². The lowest BCUT2D eigenvalue weighted by Crippen LogP contribution is -2.12. The molecule has 0 aliphatic rings. The summed E-state index contributed by atoms with van der Waals surface area (Å²) in [7, 11) is 1.79. The maximum absolute atomic E-state index is 12.2. The van der Waals surface area contributed by atoms with Crippen molar-refractivity contribution in [3.63, 3.8) is 0 Å². The highest BCUT2D eigenvalue weighted by Crippen LogP contribution is 2.11. The second-order valence-electron chi connectivity index (χ2n) is 5.39. The minimum atomic E-state index is -0.186. The van der Waals surface area contributed by atoms with Crippen molar-refractivity contribution in [3.05, 3.63) is 47.8 Å². The van der Waals surface area contributed by atoms with Crippen LogP contribution in [0.25, 0.3) is 0 Å². The first-order valence-electron chi connectivity index (χ1n) is 7.40. The normalized spacial score (nSPS) is 10.9. The van der Waals surface area contributed by atoms with E-state index < -0.39 is 0 Å². The Morgan fingerprint density at radius 1 is 1.17 bits per heavy atom. The molecule has 0 saturated carbocycles. The third kappa shape index (κ3) is 3.31. The fraction of sp³-hybridized carbons (Fsp3) is 0.333. The van der Waals surface area contributed by atoms with Crippen LogP contribution in [0, 0.1) is 6.92 Å². The zero-order valence-corrected chi connectivity index (χ0v) is 13.4. The number of anilines is 1. The van der Waals surface area contributed by atoms with Crippen LogP contribution in [-0.4, -0.2) is 35.2 Å². The largest absolute Gasteiger partial charge is 0.319 e. The third-order valence-corrected chi connectivity index (χ3v) is 3.50. The Morgan fingerprint density at radius 2 is 1.96 bits per heavy atom. The van der Waals surface area contributed by atoms with Gasteiger partial charge in [0.2, 0.25) is 0 Å². The second-order valence-corrected chi connectivity index (χ2v) is 5.39. The van der Waals surface area contributed by atoms with E-state index >= 15 is 0 Å². The first kappa shape index (κ1) is 15.0. The van der Waals surface area contributed by atoms with E-state index in [1.54, 1.807) is 35.0 Å². The number of amides is 1. The van der Waals surface area contributed by atoms with Crippen LogP contribution in [0.2, 0.25) is 0 Å². The van der Waals surface area contributed by atoms with Crippen LogP contribution < -0.4 is 5.32 Å². The summed E-state index contributed by atoms with van der Waals surface area (Å²) in [5.41, 5.74) is 2.98. The van der Waals surface area contributed by atoms with Crippen LogP contribution >= 0.6 is 0 Å². The molecule has 3 aromatic heterocycles. The van der Waals surface area contributed by atoms with Crippen molar-refractivity contribution < 1.29 is 4.79 Å². The molecule has 0 spiro atoms. The van der Waals surface area contributed by atoms with Gasteiger partial charge >= 0.3 is 0 Å². The number of nitrogens with one attached hydrogen (secondary N) is 1. The molecule has 0 atom stereocenters. The average molecular weight is 313 g/mol. The smallest absolute Gasteiger partial charge is 0.259 e. The number of carbonyl (C=O) groups excluding carboxylic acids is 1. The van der Waals surface area contributed by atoms with E-state index in [0.29, 0.717) is 23.5 Å². The van der Waals surface area contributed by atoms with Crippen molar-refractivity contribution in [1.82, 2.24) is 29.3 Å². The number of aryl methyl sites for hydroxylation is 3.